The van der Waals surface area contributed by atoms with Crippen molar-refractivity contribution in [1.82, 2.24) is 4.90 Å². The number of hydrogen-bond donors (Lipinski definition) is 1. The van der Waals surface area contributed by atoms with Crippen molar-refractivity contribution in [3.63, 3.8) is 0 Å². The van der Waals surface area contributed by atoms with E-state index in [1.54, 1.807) is 0 Å². The second-order valence-corrected chi connectivity index (χ2v) is 4.88. The molecule has 1 atom stereocenters. The lowest BCUT2D eigenvalue weighted by Gasteiger charge is -2.32. The first-order valence-corrected chi connectivity index (χ1v) is 5.24. The fraction of sp³-hybridized carbons (Fsp3) is 1.00. The molecule has 0 saturated carbocycles. The molecule has 0 saturated heterocycles. The third kappa shape index (κ3) is 5.27. The van der Waals surface area contributed by atoms with Crippen LogP contribution in [0.4, 0.5) is 0 Å². The topological polar surface area (TPSA) is 23.5 Å². The molecule has 0 aliphatic rings. The summed E-state index contributed by atoms with van der Waals surface area (Å²) < 4.78 is 0. The van der Waals surface area contributed by atoms with E-state index in [1.807, 2.05) is 0 Å². The molecule has 0 aliphatic carbocycles. The average Bonchev–Trinajstić information content (AvgIpc) is 2.04. The van der Waals surface area contributed by atoms with Crippen molar-refractivity contribution in [2.45, 2.75) is 46.6 Å². The van der Waals surface area contributed by atoms with Gasteiger partial charge in [0, 0.05) is 24.6 Å². The van der Waals surface area contributed by atoms with Crippen molar-refractivity contribution in [3.8, 4) is 0 Å². The minimum atomic E-state index is 0.0246. The zero-order valence-corrected chi connectivity index (χ0v) is 9.80. The summed E-state index contributed by atoms with van der Waals surface area (Å²) in [6.45, 7) is 9.88. The zero-order valence-electron chi connectivity index (χ0n) is 9.80. The van der Waals surface area contributed by atoms with Gasteiger partial charge in [0.25, 0.3) is 0 Å². The second kappa shape index (κ2) is 5.61. The van der Waals surface area contributed by atoms with Crippen LogP contribution in [0.25, 0.3) is 0 Å². The molecule has 0 fully saturated rings. The van der Waals surface area contributed by atoms with E-state index in [0.29, 0.717) is 6.04 Å². The van der Waals surface area contributed by atoms with Gasteiger partial charge in [-0.2, -0.15) is 0 Å². The first kappa shape index (κ1) is 12.9. The van der Waals surface area contributed by atoms with E-state index < -0.39 is 0 Å². The van der Waals surface area contributed by atoms with Crippen molar-refractivity contribution in [2.24, 2.45) is 5.41 Å². The fourth-order valence-corrected chi connectivity index (χ4v) is 1.52. The van der Waals surface area contributed by atoms with Crippen molar-refractivity contribution >= 4 is 0 Å². The van der Waals surface area contributed by atoms with Crippen molar-refractivity contribution in [3.05, 3.63) is 0 Å². The Labute approximate surface area is 82.9 Å². The van der Waals surface area contributed by atoms with E-state index in [9.17, 15) is 0 Å². The Balaban J connectivity index is 3.91. The van der Waals surface area contributed by atoms with Crippen LogP contribution in [0.5, 0.6) is 0 Å². The van der Waals surface area contributed by atoms with Gasteiger partial charge >= 0.3 is 0 Å². The van der Waals surface area contributed by atoms with Gasteiger partial charge in [-0.25, -0.2) is 0 Å². The minimum absolute atomic E-state index is 0.0246. The average molecular weight is 187 g/mol. The van der Waals surface area contributed by atoms with E-state index in [1.165, 1.54) is 12.8 Å². The molecular formula is C11H25NO. The highest BCUT2D eigenvalue weighted by molar-refractivity contribution is 4.74. The molecule has 0 aromatic carbocycles. The molecule has 0 spiro atoms. The van der Waals surface area contributed by atoms with Crippen molar-refractivity contribution < 1.29 is 5.11 Å². The van der Waals surface area contributed by atoms with Crippen LogP contribution in [0.2, 0.25) is 0 Å². The molecule has 0 aromatic rings. The summed E-state index contributed by atoms with van der Waals surface area (Å²) in [7, 11) is 2.14. The smallest absolute Gasteiger partial charge is 0.0494 e. The molecule has 13 heavy (non-hydrogen) atoms. The van der Waals surface area contributed by atoms with Crippen LogP contribution in [0.1, 0.15) is 40.5 Å². The molecule has 2 heteroatoms. The maximum Gasteiger partial charge on any atom is 0.0494 e. The largest absolute Gasteiger partial charge is 0.396 e. The molecule has 1 N–H and O–H groups in total. The molecule has 0 amide bonds. The number of aliphatic hydroxyl groups is 1. The molecule has 2 nitrogen and oxygen atoms in total. The third-order valence-electron chi connectivity index (χ3n) is 2.56. The molecule has 0 radical (unpaired) electrons. The molecule has 0 aliphatic heterocycles. The summed E-state index contributed by atoms with van der Waals surface area (Å²) in [5, 5.41) is 9.13. The van der Waals surface area contributed by atoms with Crippen LogP contribution in [-0.4, -0.2) is 36.2 Å². The van der Waals surface area contributed by atoms with Crippen LogP contribution < -0.4 is 0 Å². The fourth-order valence-electron chi connectivity index (χ4n) is 1.52. The highest BCUT2D eigenvalue weighted by Gasteiger charge is 2.20. The summed E-state index contributed by atoms with van der Waals surface area (Å²) in [4.78, 5) is 2.33. The van der Waals surface area contributed by atoms with Gasteiger partial charge < -0.3 is 10.0 Å². The molecule has 80 valence electrons. The van der Waals surface area contributed by atoms with Gasteiger partial charge in [0.1, 0.15) is 0 Å². The second-order valence-electron chi connectivity index (χ2n) is 4.88. The molecule has 0 rings (SSSR count). The van der Waals surface area contributed by atoms with Gasteiger partial charge in [0.05, 0.1) is 0 Å². The first-order valence-electron chi connectivity index (χ1n) is 5.24. The van der Waals surface area contributed by atoms with E-state index >= 15 is 0 Å². The van der Waals surface area contributed by atoms with E-state index in [4.69, 9.17) is 5.11 Å². The maximum absolute atomic E-state index is 9.13. The summed E-state index contributed by atoms with van der Waals surface area (Å²) in [6.07, 6.45) is 2.46. The number of aliphatic hydroxyl groups excluding tert-OH is 1. The van der Waals surface area contributed by atoms with E-state index in [0.717, 1.165) is 6.54 Å². The summed E-state index contributed by atoms with van der Waals surface area (Å²) in [5.74, 6) is 0. The Morgan fingerprint density at radius 3 is 2.31 bits per heavy atom. The predicted molar refractivity (Wildman–Crippen MR) is 57.9 cm³/mol. The highest BCUT2D eigenvalue weighted by atomic mass is 16.3. The van der Waals surface area contributed by atoms with Crippen LogP contribution in [-0.2, 0) is 0 Å². The quantitative estimate of drug-likeness (QED) is 0.688. The lowest BCUT2D eigenvalue weighted by atomic mass is 9.93. The predicted octanol–water partition coefficient (Wildman–Crippen LogP) is 2.13. The van der Waals surface area contributed by atoms with Gasteiger partial charge in [-0.05, 0) is 20.4 Å². The van der Waals surface area contributed by atoms with Crippen LogP contribution in [0, 0.1) is 5.41 Å². The molecule has 0 heterocycles. The van der Waals surface area contributed by atoms with Crippen LogP contribution in [0.15, 0.2) is 0 Å². The standard InChI is InChI=1S/C11H25NO/c1-6-7-10(2)12(5)8-11(3,4)9-13/h10,13H,6-9H2,1-5H3. The first-order chi connectivity index (χ1) is 5.93. The van der Waals surface area contributed by atoms with Crippen molar-refractivity contribution in [2.75, 3.05) is 20.2 Å². The maximum atomic E-state index is 9.13. The lowest BCUT2D eigenvalue weighted by molar-refractivity contribution is 0.0963. The minimum Gasteiger partial charge on any atom is -0.396 e. The Hall–Kier alpha value is -0.0800. The van der Waals surface area contributed by atoms with Gasteiger partial charge in [0.2, 0.25) is 0 Å². The van der Waals surface area contributed by atoms with Gasteiger partial charge in [0.15, 0.2) is 0 Å². The number of hydrogen-bond acceptors (Lipinski definition) is 2. The number of nitrogens with zero attached hydrogens (tertiary/aromatic N) is 1. The molecular weight excluding hydrogens is 162 g/mol. The van der Waals surface area contributed by atoms with Crippen LogP contribution in [0.3, 0.4) is 0 Å². The monoisotopic (exact) mass is 187 g/mol. The molecule has 0 bridgehead atoms. The Bertz CT molecular complexity index is 134. The normalized spacial score (nSPS) is 15.0. The Morgan fingerprint density at radius 1 is 1.38 bits per heavy atom. The van der Waals surface area contributed by atoms with Gasteiger partial charge in [-0.15, -0.1) is 0 Å². The zero-order chi connectivity index (χ0) is 10.5. The van der Waals surface area contributed by atoms with Crippen LogP contribution >= 0.6 is 0 Å². The SMILES string of the molecule is CCCC(C)N(C)CC(C)(C)CO. The summed E-state index contributed by atoms with van der Waals surface area (Å²) >= 11 is 0. The summed E-state index contributed by atoms with van der Waals surface area (Å²) in [6, 6.07) is 0.621. The van der Waals surface area contributed by atoms with Gasteiger partial charge in [-0.3, -0.25) is 0 Å². The number of rotatable bonds is 6. The third-order valence-corrected chi connectivity index (χ3v) is 2.56. The molecule has 1 unspecified atom stereocenters. The lowest BCUT2D eigenvalue weighted by Crippen LogP contribution is -2.38. The summed E-state index contributed by atoms with van der Waals surface area (Å²) in [5.41, 5.74) is 0.0246. The van der Waals surface area contributed by atoms with E-state index in [2.05, 4.69) is 39.6 Å². The van der Waals surface area contributed by atoms with Gasteiger partial charge in [-0.1, -0.05) is 27.2 Å². The van der Waals surface area contributed by atoms with Crippen molar-refractivity contribution in [1.29, 1.82) is 0 Å². The Kier molecular flexibility index (Phi) is 5.57. The Morgan fingerprint density at radius 2 is 1.92 bits per heavy atom. The van der Waals surface area contributed by atoms with E-state index in [-0.39, 0.29) is 12.0 Å². The molecule has 0 aromatic heterocycles. The highest BCUT2D eigenvalue weighted by Crippen LogP contribution is 2.17.